The Morgan fingerprint density at radius 2 is 2.19 bits per heavy atom. The molecule has 0 saturated carbocycles. The van der Waals surface area contributed by atoms with Crippen molar-refractivity contribution in [1.82, 2.24) is 9.55 Å². The lowest BCUT2D eigenvalue weighted by Crippen LogP contribution is -2.17. The van der Waals surface area contributed by atoms with Crippen LogP contribution >= 0.6 is 0 Å². The fourth-order valence-electron chi connectivity index (χ4n) is 1.49. The number of imidazole rings is 1. The van der Waals surface area contributed by atoms with Crippen molar-refractivity contribution in [1.29, 1.82) is 0 Å². The first-order valence-corrected chi connectivity index (χ1v) is 4.54. The fourth-order valence-corrected chi connectivity index (χ4v) is 1.49. The van der Waals surface area contributed by atoms with E-state index in [9.17, 15) is 9.59 Å². The van der Waals surface area contributed by atoms with Gasteiger partial charge in [-0.1, -0.05) is 0 Å². The molecule has 0 fully saturated rings. The number of benzene rings is 1. The molecule has 0 bridgehead atoms. The van der Waals surface area contributed by atoms with Gasteiger partial charge in [-0.15, -0.1) is 0 Å². The van der Waals surface area contributed by atoms with Crippen molar-refractivity contribution < 1.29 is 14.7 Å². The first kappa shape index (κ1) is 10.2. The number of carbonyl (C=O) groups excluding carboxylic acids is 1. The van der Waals surface area contributed by atoms with Gasteiger partial charge >= 0.3 is 5.97 Å². The van der Waals surface area contributed by atoms with Gasteiger partial charge in [-0.25, -0.2) is 9.78 Å². The van der Waals surface area contributed by atoms with Gasteiger partial charge in [0.25, 0.3) is 0 Å². The topological polar surface area (TPSA) is 98.2 Å². The lowest BCUT2D eigenvalue weighted by molar-refractivity contribution is -0.118. The fraction of sp³-hybridized carbons (Fsp3) is 0.100. The smallest absolute Gasteiger partial charge is 0.335 e. The summed E-state index contributed by atoms with van der Waals surface area (Å²) in [6.45, 7) is 0.0307. The lowest BCUT2D eigenvalue weighted by Gasteiger charge is -2.00. The minimum atomic E-state index is -1.01. The van der Waals surface area contributed by atoms with E-state index in [0.717, 1.165) is 0 Å². The molecule has 3 N–H and O–H groups in total. The van der Waals surface area contributed by atoms with Gasteiger partial charge in [-0.2, -0.15) is 0 Å². The van der Waals surface area contributed by atoms with E-state index < -0.39 is 11.9 Å². The summed E-state index contributed by atoms with van der Waals surface area (Å²) in [4.78, 5) is 25.5. The van der Waals surface area contributed by atoms with Crippen LogP contribution in [0.4, 0.5) is 0 Å². The van der Waals surface area contributed by atoms with Crippen LogP contribution in [-0.4, -0.2) is 26.5 Å². The molecule has 0 atom stereocenters. The summed E-state index contributed by atoms with van der Waals surface area (Å²) in [5.41, 5.74) is 6.45. The van der Waals surface area contributed by atoms with E-state index in [1.165, 1.54) is 18.5 Å². The maximum atomic E-state index is 10.8. The summed E-state index contributed by atoms with van der Waals surface area (Å²) in [6.07, 6.45) is 1.46. The molecule has 0 aliphatic rings. The van der Waals surface area contributed by atoms with Gasteiger partial charge in [0.05, 0.1) is 22.9 Å². The number of nitrogens with two attached hydrogens (primary N) is 1. The highest BCUT2D eigenvalue weighted by molar-refractivity contribution is 5.92. The van der Waals surface area contributed by atoms with Crippen LogP contribution in [0.2, 0.25) is 0 Å². The highest BCUT2D eigenvalue weighted by Gasteiger charge is 2.08. The van der Waals surface area contributed by atoms with E-state index in [1.54, 1.807) is 10.6 Å². The Hall–Kier alpha value is -2.37. The summed E-state index contributed by atoms with van der Waals surface area (Å²) < 4.78 is 1.57. The Balaban J connectivity index is 2.50. The molecule has 0 aliphatic carbocycles. The third kappa shape index (κ3) is 1.72. The summed E-state index contributed by atoms with van der Waals surface area (Å²) in [7, 11) is 0. The highest BCUT2D eigenvalue weighted by Crippen LogP contribution is 2.14. The van der Waals surface area contributed by atoms with E-state index in [0.29, 0.717) is 11.0 Å². The Morgan fingerprint density at radius 3 is 2.81 bits per heavy atom. The highest BCUT2D eigenvalue weighted by atomic mass is 16.4. The number of carbonyl (C=O) groups is 2. The Kier molecular flexibility index (Phi) is 2.32. The molecule has 6 nitrogen and oxygen atoms in total. The van der Waals surface area contributed by atoms with Crippen LogP contribution in [0.3, 0.4) is 0 Å². The van der Waals surface area contributed by atoms with Gasteiger partial charge in [0, 0.05) is 0 Å². The zero-order valence-electron chi connectivity index (χ0n) is 8.25. The van der Waals surface area contributed by atoms with Crippen LogP contribution in [0.1, 0.15) is 10.4 Å². The second-order valence-electron chi connectivity index (χ2n) is 3.35. The number of nitrogens with zero attached hydrogens (tertiary/aromatic N) is 2. The van der Waals surface area contributed by atoms with Gasteiger partial charge < -0.3 is 15.4 Å². The SMILES string of the molecule is NC(=O)Cn1cnc2cc(C(=O)O)ccc21. The van der Waals surface area contributed by atoms with Gasteiger partial charge in [-0.3, -0.25) is 4.79 Å². The van der Waals surface area contributed by atoms with Crippen molar-refractivity contribution in [3.8, 4) is 0 Å². The van der Waals surface area contributed by atoms with Crippen molar-refractivity contribution in [3.05, 3.63) is 30.1 Å². The Labute approximate surface area is 90.3 Å². The van der Waals surface area contributed by atoms with Gasteiger partial charge in [0.1, 0.15) is 6.54 Å². The van der Waals surface area contributed by atoms with Gasteiger partial charge in [0.15, 0.2) is 0 Å². The molecule has 0 aliphatic heterocycles. The molecule has 0 radical (unpaired) electrons. The van der Waals surface area contributed by atoms with E-state index >= 15 is 0 Å². The number of carboxylic acids is 1. The molecular weight excluding hydrogens is 210 g/mol. The van der Waals surface area contributed by atoms with Gasteiger partial charge in [0.2, 0.25) is 5.91 Å². The quantitative estimate of drug-likeness (QED) is 0.771. The maximum absolute atomic E-state index is 10.8. The molecule has 2 rings (SSSR count). The lowest BCUT2D eigenvalue weighted by atomic mass is 10.2. The van der Waals surface area contributed by atoms with E-state index in [2.05, 4.69) is 4.98 Å². The zero-order valence-corrected chi connectivity index (χ0v) is 8.25. The van der Waals surface area contributed by atoms with Crippen LogP contribution in [0.5, 0.6) is 0 Å². The number of rotatable bonds is 3. The number of amides is 1. The molecule has 6 heteroatoms. The summed E-state index contributed by atoms with van der Waals surface area (Å²) in [5, 5.41) is 8.79. The number of fused-ring (bicyclic) bond motifs is 1. The third-order valence-electron chi connectivity index (χ3n) is 2.19. The second-order valence-corrected chi connectivity index (χ2v) is 3.35. The van der Waals surface area contributed by atoms with Crippen LogP contribution in [0.15, 0.2) is 24.5 Å². The van der Waals surface area contributed by atoms with Crippen LogP contribution in [-0.2, 0) is 11.3 Å². The normalized spacial score (nSPS) is 10.5. The predicted octanol–water partition coefficient (Wildman–Crippen LogP) is 0.220. The Bertz CT molecular complexity index is 574. The second kappa shape index (κ2) is 3.65. The molecule has 0 unspecified atom stereocenters. The molecular formula is C10H9N3O3. The average Bonchev–Trinajstić information content (AvgIpc) is 2.60. The van der Waals surface area contributed by atoms with Crippen LogP contribution < -0.4 is 5.73 Å². The Morgan fingerprint density at radius 1 is 1.44 bits per heavy atom. The first-order chi connectivity index (χ1) is 7.58. The maximum Gasteiger partial charge on any atom is 0.335 e. The molecule has 82 valence electrons. The standard InChI is InChI=1S/C10H9N3O3/c11-9(14)4-13-5-12-7-3-6(10(15)16)1-2-8(7)13/h1-3,5H,4H2,(H2,11,14)(H,15,16). The van der Waals surface area contributed by atoms with Crippen LogP contribution in [0, 0.1) is 0 Å². The van der Waals surface area contributed by atoms with Crippen molar-refractivity contribution >= 4 is 22.9 Å². The third-order valence-corrected chi connectivity index (χ3v) is 2.19. The monoisotopic (exact) mass is 219 g/mol. The number of carboxylic acid groups (broad SMARTS) is 1. The van der Waals surface area contributed by atoms with Crippen molar-refractivity contribution in [3.63, 3.8) is 0 Å². The molecule has 0 spiro atoms. The summed E-state index contributed by atoms with van der Waals surface area (Å²) in [6, 6.07) is 4.52. The molecule has 1 heterocycles. The number of hydrogen-bond donors (Lipinski definition) is 2. The van der Waals surface area contributed by atoms with Gasteiger partial charge in [-0.05, 0) is 18.2 Å². The number of aromatic carboxylic acids is 1. The molecule has 1 aromatic heterocycles. The van der Waals surface area contributed by atoms with Crippen molar-refractivity contribution in [2.75, 3.05) is 0 Å². The molecule has 1 amide bonds. The number of hydrogen-bond acceptors (Lipinski definition) is 3. The largest absolute Gasteiger partial charge is 0.478 e. The van der Waals surface area contributed by atoms with E-state index in [4.69, 9.17) is 10.8 Å². The number of aromatic nitrogens is 2. The van der Waals surface area contributed by atoms with Crippen molar-refractivity contribution in [2.24, 2.45) is 5.73 Å². The molecule has 1 aromatic carbocycles. The molecule has 2 aromatic rings. The molecule has 16 heavy (non-hydrogen) atoms. The number of primary amides is 1. The summed E-state index contributed by atoms with van der Waals surface area (Å²) in [5.74, 6) is -1.48. The first-order valence-electron chi connectivity index (χ1n) is 4.54. The minimum absolute atomic E-state index is 0.0307. The minimum Gasteiger partial charge on any atom is -0.478 e. The molecule has 0 saturated heterocycles. The summed E-state index contributed by atoms with van der Waals surface area (Å²) >= 11 is 0. The average molecular weight is 219 g/mol. The van der Waals surface area contributed by atoms with Crippen LogP contribution in [0.25, 0.3) is 11.0 Å². The van der Waals surface area contributed by atoms with Crippen molar-refractivity contribution in [2.45, 2.75) is 6.54 Å². The zero-order chi connectivity index (χ0) is 11.7. The van der Waals surface area contributed by atoms with E-state index in [1.807, 2.05) is 0 Å². The van der Waals surface area contributed by atoms with E-state index in [-0.39, 0.29) is 12.1 Å². The predicted molar refractivity (Wildman–Crippen MR) is 55.9 cm³/mol.